The average Bonchev–Trinajstić information content (AvgIpc) is 2.81. The molecular weight excluding hydrogens is 184 g/mol. The average molecular weight is 200 g/mol. The van der Waals surface area contributed by atoms with Gasteiger partial charge in [0.05, 0.1) is 0 Å². The highest BCUT2D eigenvalue weighted by Gasteiger charge is 2.27. The first-order valence-electron chi connectivity index (χ1n) is 5.59. The van der Waals surface area contributed by atoms with E-state index < -0.39 is 0 Å². The Morgan fingerprint density at radius 1 is 1.40 bits per heavy atom. The van der Waals surface area contributed by atoms with E-state index >= 15 is 0 Å². The van der Waals surface area contributed by atoms with E-state index in [9.17, 15) is 0 Å². The summed E-state index contributed by atoms with van der Waals surface area (Å²) in [5, 5.41) is 1.42. The van der Waals surface area contributed by atoms with E-state index in [4.69, 9.17) is 5.73 Å². The molecule has 1 aliphatic rings. The van der Waals surface area contributed by atoms with Gasteiger partial charge >= 0.3 is 0 Å². The van der Waals surface area contributed by atoms with E-state index in [0.717, 1.165) is 6.54 Å². The minimum absolute atomic E-state index is 0.567. The molecule has 1 aromatic heterocycles. The molecule has 0 aliphatic heterocycles. The lowest BCUT2D eigenvalue weighted by atomic mass is 10.1. The van der Waals surface area contributed by atoms with Crippen molar-refractivity contribution < 1.29 is 0 Å². The molecule has 78 valence electrons. The molecule has 2 N–H and O–H groups in total. The SMILES string of the molecule is Cn1c2c(c3ccccc31)CCC2CN. The number of para-hydroxylation sites is 1. The van der Waals surface area contributed by atoms with Crippen LogP contribution in [0.15, 0.2) is 24.3 Å². The summed E-state index contributed by atoms with van der Waals surface area (Å²) in [6.07, 6.45) is 2.42. The van der Waals surface area contributed by atoms with Crippen molar-refractivity contribution in [2.45, 2.75) is 18.8 Å². The number of nitrogens with two attached hydrogens (primary N) is 1. The highest BCUT2D eigenvalue weighted by molar-refractivity contribution is 5.86. The second-order valence-electron chi connectivity index (χ2n) is 4.41. The van der Waals surface area contributed by atoms with Gasteiger partial charge in [-0.15, -0.1) is 0 Å². The van der Waals surface area contributed by atoms with Crippen molar-refractivity contribution in [3.8, 4) is 0 Å². The Morgan fingerprint density at radius 3 is 3.00 bits per heavy atom. The molecule has 2 nitrogen and oxygen atoms in total. The number of rotatable bonds is 1. The number of hydrogen-bond donors (Lipinski definition) is 1. The van der Waals surface area contributed by atoms with Crippen molar-refractivity contribution in [2.75, 3.05) is 6.54 Å². The predicted molar refractivity (Wildman–Crippen MR) is 63.0 cm³/mol. The predicted octanol–water partition coefficient (Wildman–Crippen LogP) is 2.17. The molecule has 1 atom stereocenters. The van der Waals surface area contributed by atoms with E-state index in [1.807, 2.05) is 0 Å². The molecule has 15 heavy (non-hydrogen) atoms. The first-order chi connectivity index (χ1) is 7.33. The van der Waals surface area contributed by atoms with Crippen LogP contribution in [0.3, 0.4) is 0 Å². The second kappa shape index (κ2) is 3.11. The fourth-order valence-corrected chi connectivity index (χ4v) is 2.96. The monoisotopic (exact) mass is 200 g/mol. The molecule has 0 spiro atoms. The number of nitrogens with zero attached hydrogens (tertiary/aromatic N) is 1. The van der Waals surface area contributed by atoms with Crippen molar-refractivity contribution in [1.82, 2.24) is 4.57 Å². The quantitative estimate of drug-likeness (QED) is 0.751. The van der Waals surface area contributed by atoms with Crippen LogP contribution in [0.5, 0.6) is 0 Å². The van der Waals surface area contributed by atoms with Crippen LogP contribution >= 0.6 is 0 Å². The molecule has 0 saturated carbocycles. The molecule has 1 unspecified atom stereocenters. The van der Waals surface area contributed by atoms with Gasteiger partial charge in [0.25, 0.3) is 0 Å². The first-order valence-corrected chi connectivity index (χ1v) is 5.59. The third kappa shape index (κ3) is 1.08. The summed E-state index contributed by atoms with van der Waals surface area (Å²) in [4.78, 5) is 0. The van der Waals surface area contributed by atoms with Gasteiger partial charge in [-0.25, -0.2) is 0 Å². The molecule has 0 amide bonds. The lowest BCUT2D eigenvalue weighted by molar-refractivity contribution is 0.649. The van der Waals surface area contributed by atoms with E-state index in [0.29, 0.717) is 5.92 Å². The maximum absolute atomic E-state index is 5.83. The largest absolute Gasteiger partial charge is 0.347 e. The van der Waals surface area contributed by atoms with E-state index in [2.05, 4.69) is 35.9 Å². The summed E-state index contributed by atoms with van der Waals surface area (Å²) >= 11 is 0. The van der Waals surface area contributed by atoms with Crippen molar-refractivity contribution in [1.29, 1.82) is 0 Å². The Morgan fingerprint density at radius 2 is 2.20 bits per heavy atom. The molecule has 2 heteroatoms. The van der Waals surface area contributed by atoms with Crippen molar-refractivity contribution in [2.24, 2.45) is 12.8 Å². The van der Waals surface area contributed by atoms with Gasteiger partial charge in [0.15, 0.2) is 0 Å². The van der Waals surface area contributed by atoms with E-state index in [1.165, 1.54) is 35.0 Å². The van der Waals surface area contributed by atoms with Crippen LogP contribution in [0.25, 0.3) is 10.9 Å². The van der Waals surface area contributed by atoms with Crippen LogP contribution in [0.4, 0.5) is 0 Å². The Bertz CT molecular complexity index is 510. The van der Waals surface area contributed by atoms with Crippen LogP contribution in [-0.2, 0) is 13.5 Å². The molecule has 0 fully saturated rings. The van der Waals surface area contributed by atoms with Crippen LogP contribution < -0.4 is 5.73 Å². The summed E-state index contributed by atoms with van der Waals surface area (Å²) in [7, 11) is 2.16. The zero-order chi connectivity index (χ0) is 10.4. The highest BCUT2D eigenvalue weighted by atomic mass is 15.0. The molecule has 0 bridgehead atoms. The molecular formula is C13H16N2. The molecule has 2 aromatic rings. The summed E-state index contributed by atoms with van der Waals surface area (Å²) < 4.78 is 2.33. The Labute approximate surface area is 89.7 Å². The van der Waals surface area contributed by atoms with Crippen LogP contribution in [-0.4, -0.2) is 11.1 Å². The first kappa shape index (κ1) is 8.98. The van der Waals surface area contributed by atoms with Gasteiger partial charge in [-0.05, 0) is 24.5 Å². The third-order valence-electron chi connectivity index (χ3n) is 3.68. The Kier molecular flexibility index (Phi) is 1.86. The van der Waals surface area contributed by atoms with Gasteiger partial charge in [-0.2, -0.15) is 0 Å². The summed E-state index contributed by atoms with van der Waals surface area (Å²) in [5.41, 5.74) is 10.2. The summed E-state index contributed by atoms with van der Waals surface area (Å²) in [6.45, 7) is 0.775. The number of fused-ring (bicyclic) bond motifs is 3. The molecule has 3 rings (SSSR count). The lowest BCUT2D eigenvalue weighted by Crippen LogP contribution is -2.12. The van der Waals surface area contributed by atoms with Crippen molar-refractivity contribution >= 4 is 10.9 Å². The number of benzene rings is 1. The molecule has 0 saturated heterocycles. The van der Waals surface area contributed by atoms with Gasteiger partial charge in [0.1, 0.15) is 0 Å². The fraction of sp³-hybridized carbons (Fsp3) is 0.385. The summed E-state index contributed by atoms with van der Waals surface area (Å²) in [6, 6.07) is 8.65. The van der Waals surface area contributed by atoms with Gasteiger partial charge in [-0.1, -0.05) is 18.2 Å². The van der Waals surface area contributed by atoms with Crippen LogP contribution in [0.1, 0.15) is 23.6 Å². The second-order valence-corrected chi connectivity index (χ2v) is 4.41. The van der Waals surface area contributed by atoms with Crippen LogP contribution in [0.2, 0.25) is 0 Å². The Hall–Kier alpha value is -1.28. The standard InChI is InChI=1S/C13H16N2/c1-15-12-5-3-2-4-10(12)11-7-6-9(8-14)13(11)15/h2-5,9H,6-8,14H2,1H3. The molecule has 1 heterocycles. The number of aryl methyl sites for hydroxylation is 2. The summed E-state index contributed by atoms with van der Waals surface area (Å²) in [5.74, 6) is 0.567. The smallest absolute Gasteiger partial charge is 0.0482 e. The minimum atomic E-state index is 0.567. The van der Waals surface area contributed by atoms with Gasteiger partial charge in [-0.3, -0.25) is 0 Å². The zero-order valence-corrected chi connectivity index (χ0v) is 9.03. The fourth-order valence-electron chi connectivity index (χ4n) is 2.96. The van der Waals surface area contributed by atoms with Gasteiger partial charge in [0.2, 0.25) is 0 Å². The molecule has 1 aliphatic carbocycles. The molecule has 1 aromatic carbocycles. The minimum Gasteiger partial charge on any atom is -0.347 e. The van der Waals surface area contributed by atoms with E-state index in [1.54, 1.807) is 0 Å². The zero-order valence-electron chi connectivity index (χ0n) is 9.03. The number of hydrogen-bond acceptors (Lipinski definition) is 1. The number of aromatic nitrogens is 1. The Balaban J connectivity index is 2.34. The maximum Gasteiger partial charge on any atom is 0.0482 e. The third-order valence-corrected chi connectivity index (χ3v) is 3.68. The maximum atomic E-state index is 5.83. The molecule has 0 radical (unpaired) electrons. The van der Waals surface area contributed by atoms with Gasteiger partial charge in [0, 0.05) is 36.1 Å². The van der Waals surface area contributed by atoms with Gasteiger partial charge < -0.3 is 10.3 Å². The van der Waals surface area contributed by atoms with Crippen molar-refractivity contribution in [3.05, 3.63) is 35.5 Å². The normalized spacial score (nSPS) is 19.7. The van der Waals surface area contributed by atoms with E-state index in [-0.39, 0.29) is 0 Å². The van der Waals surface area contributed by atoms with Crippen molar-refractivity contribution in [3.63, 3.8) is 0 Å². The lowest BCUT2D eigenvalue weighted by Gasteiger charge is -2.10. The van der Waals surface area contributed by atoms with Crippen LogP contribution in [0, 0.1) is 0 Å². The topological polar surface area (TPSA) is 30.9 Å². The highest BCUT2D eigenvalue weighted by Crippen LogP contribution is 2.38.